The molecule has 5 amide bonds. The lowest BCUT2D eigenvalue weighted by atomic mass is 9.78. The molecular weight excluding hydrogens is 973 g/mol. The van der Waals surface area contributed by atoms with E-state index in [4.69, 9.17) is 18.9 Å². The van der Waals surface area contributed by atoms with Gasteiger partial charge in [0, 0.05) is 87.2 Å². The van der Waals surface area contributed by atoms with Crippen LogP contribution in [-0.4, -0.2) is 109 Å². The number of aromatic amines is 1. The molecule has 392 valence electrons. The normalized spacial score (nSPS) is 17.6. The number of nitrogens with zero attached hydrogens (tertiary/aromatic N) is 3. The predicted octanol–water partition coefficient (Wildman–Crippen LogP) is 6.33. The number of hydrogen-bond donors (Lipinski definition) is 5. The van der Waals surface area contributed by atoms with E-state index >= 15 is 0 Å². The van der Waals surface area contributed by atoms with Gasteiger partial charge in [0.05, 0.1) is 50.6 Å². The van der Waals surface area contributed by atoms with Crippen molar-refractivity contribution >= 4 is 35.2 Å². The summed E-state index contributed by atoms with van der Waals surface area (Å²) in [6.45, 7) is 1.95. The first-order chi connectivity index (χ1) is 35.6. The van der Waals surface area contributed by atoms with Crippen LogP contribution in [0.5, 0.6) is 17.4 Å². The summed E-state index contributed by atoms with van der Waals surface area (Å²) in [5, 5.41) is 11.0. The van der Waals surface area contributed by atoms with E-state index < -0.39 is 46.4 Å². The molecule has 5 aromatic rings. The summed E-state index contributed by atoms with van der Waals surface area (Å²) in [5.41, 5.74) is -0.0144. The second-order valence-corrected chi connectivity index (χ2v) is 17.6. The molecule has 5 N–H and O–H groups in total. The summed E-state index contributed by atoms with van der Waals surface area (Å²) in [5.74, 6) is -3.72. The fraction of sp³-hybridized carbons (Fsp3) is 0.385. The van der Waals surface area contributed by atoms with E-state index in [0.29, 0.717) is 56.8 Å². The summed E-state index contributed by atoms with van der Waals surface area (Å²) < 4.78 is 77.8. The van der Waals surface area contributed by atoms with Crippen molar-refractivity contribution in [3.8, 4) is 17.4 Å². The maximum atomic E-state index is 14.3. The molecule has 0 unspecified atom stereocenters. The van der Waals surface area contributed by atoms with E-state index in [1.54, 1.807) is 42.5 Å². The zero-order valence-electron chi connectivity index (χ0n) is 40.4. The van der Waals surface area contributed by atoms with Crippen LogP contribution in [0.2, 0.25) is 0 Å². The van der Waals surface area contributed by atoms with Crippen LogP contribution in [0.25, 0.3) is 0 Å². The lowest BCUT2D eigenvalue weighted by Gasteiger charge is -2.28. The summed E-state index contributed by atoms with van der Waals surface area (Å²) >= 11 is 0. The molecule has 2 fully saturated rings. The number of amides is 5. The van der Waals surface area contributed by atoms with Gasteiger partial charge in [-0.05, 0) is 91.6 Å². The minimum absolute atomic E-state index is 0.00396. The quantitative estimate of drug-likeness (QED) is 0.0357. The Balaban J connectivity index is 0.759. The molecular formula is C52H56F4N8O10. The number of rotatable bonds is 23. The second-order valence-electron chi connectivity index (χ2n) is 17.6. The first-order valence-corrected chi connectivity index (χ1v) is 24.1. The Kier molecular flexibility index (Phi) is 18.8. The van der Waals surface area contributed by atoms with Gasteiger partial charge < -0.3 is 50.1 Å². The Bertz CT molecular complexity index is 2790. The molecule has 1 saturated heterocycles. The van der Waals surface area contributed by atoms with Crippen LogP contribution >= 0.6 is 0 Å². The molecule has 4 heterocycles. The first-order valence-electron chi connectivity index (χ1n) is 24.1. The number of halogens is 4. The highest BCUT2D eigenvalue weighted by atomic mass is 19.4. The van der Waals surface area contributed by atoms with Gasteiger partial charge in [0.1, 0.15) is 11.4 Å². The average molecular weight is 1030 g/mol. The third-order valence-corrected chi connectivity index (χ3v) is 12.6. The molecule has 1 aliphatic carbocycles. The van der Waals surface area contributed by atoms with Gasteiger partial charge in [-0.2, -0.15) is 13.2 Å². The number of aromatic nitrogens is 3. The summed E-state index contributed by atoms with van der Waals surface area (Å²) in [7, 11) is 1.69. The van der Waals surface area contributed by atoms with Gasteiger partial charge in [-0.15, -0.1) is 0 Å². The van der Waals surface area contributed by atoms with Gasteiger partial charge in [0.2, 0.25) is 29.2 Å². The number of alkyl halides is 3. The van der Waals surface area contributed by atoms with E-state index in [1.165, 1.54) is 18.3 Å². The molecule has 3 aromatic heterocycles. The lowest BCUT2D eigenvalue weighted by Crippen LogP contribution is -2.36. The Hall–Kier alpha value is -7.72. The van der Waals surface area contributed by atoms with Crippen molar-refractivity contribution < 1.29 is 60.5 Å². The largest absolute Gasteiger partial charge is 0.489 e. The number of anilines is 1. The third kappa shape index (κ3) is 14.9. The predicted molar refractivity (Wildman–Crippen MR) is 260 cm³/mol. The van der Waals surface area contributed by atoms with Crippen molar-refractivity contribution in [2.24, 2.45) is 11.8 Å². The molecule has 2 aliphatic rings. The average Bonchev–Trinajstić information content (AvgIpc) is 3.70. The highest BCUT2D eigenvalue weighted by molar-refractivity contribution is 6.06. The highest BCUT2D eigenvalue weighted by Crippen LogP contribution is 2.39. The van der Waals surface area contributed by atoms with Crippen LogP contribution in [-0.2, 0) is 30.0 Å². The molecule has 1 aliphatic heterocycles. The van der Waals surface area contributed by atoms with Gasteiger partial charge >= 0.3 is 6.18 Å². The van der Waals surface area contributed by atoms with Gasteiger partial charge in [0.25, 0.3) is 11.8 Å². The maximum absolute atomic E-state index is 14.3. The molecule has 0 radical (unpaired) electrons. The Morgan fingerprint density at radius 3 is 2.20 bits per heavy atom. The van der Waals surface area contributed by atoms with Crippen LogP contribution in [0.1, 0.15) is 87.9 Å². The van der Waals surface area contributed by atoms with Crippen LogP contribution in [0.15, 0.2) is 102 Å². The maximum Gasteiger partial charge on any atom is 0.417 e. The van der Waals surface area contributed by atoms with Crippen molar-refractivity contribution in [1.82, 2.24) is 35.8 Å². The number of carbonyl (C=O) groups excluding carboxylic acids is 5. The Morgan fingerprint density at radius 2 is 1.50 bits per heavy atom. The fourth-order valence-corrected chi connectivity index (χ4v) is 8.71. The van der Waals surface area contributed by atoms with Crippen molar-refractivity contribution in [3.05, 3.63) is 142 Å². The van der Waals surface area contributed by atoms with Gasteiger partial charge in [-0.25, -0.2) is 9.37 Å². The molecule has 1 saturated carbocycles. The number of hydrogen-bond acceptors (Lipinski definition) is 12. The number of H-pyrrole nitrogens is 1. The van der Waals surface area contributed by atoms with Crippen molar-refractivity contribution in [2.75, 3.05) is 65.0 Å². The summed E-state index contributed by atoms with van der Waals surface area (Å²) in [6.07, 6.45) is 3.51. The number of carbonyl (C=O) groups is 5. The zero-order valence-corrected chi connectivity index (χ0v) is 40.4. The third-order valence-electron chi connectivity index (χ3n) is 12.6. The van der Waals surface area contributed by atoms with E-state index in [-0.39, 0.29) is 98.0 Å². The molecule has 2 aromatic carbocycles. The lowest BCUT2D eigenvalue weighted by molar-refractivity contribution is -0.138. The number of pyridine rings is 3. The van der Waals surface area contributed by atoms with Crippen LogP contribution in [0.4, 0.5) is 23.2 Å². The molecule has 18 nitrogen and oxygen atoms in total. The molecule has 7 rings (SSSR count). The number of nitrogens with one attached hydrogen (secondary N) is 5. The zero-order chi connectivity index (χ0) is 52.6. The Morgan fingerprint density at radius 1 is 0.770 bits per heavy atom. The topological polar surface area (TPSA) is 232 Å². The van der Waals surface area contributed by atoms with E-state index in [0.717, 1.165) is 42.2 Å². The summed E-state index contributed by atoms with van der Waals surface area (Å²) in [4.78, 5) is 87.8. The van der Waals surface area contributed by atoms with Crippen LogP contribution < -0.4 is 36.3 Å². The second kappa shape index (κ2) is 25.8. The monoisotopic (exact) mass is 1030 g/mol. The first kappa shape index (κ1) is 54.1. The minimum Gasteiger partial charge on any atom is -0.489 e. The van der Waals surface area contributed by atoms with E-state index in [2.05, 4.69) is 36.2 Å². The van der Waals surface area contributed by atoms with Gasteiger partial charge in [0.15, 0.2) is 11.5 Å². The molecule has 74 heavy (non-hydrogen) atoms. The number of likely N-dealkylation sites (tertiary alicyclic amines) is 1. The van der Waals surface area contributed by atoms with Crippen molar-refractivity contribution in [1.29, 1.82) is 0 Å². The minimum atomic E-state index is -4.85. The van der Waals surface area contributed by atoms with E-state index in [9.17, 15) is 46.3 Å². The summed E-state index contributed by atoms with van der Waals surface area (Å²) in [6, 6.07) is 16.8. The standard InChI is InChI=1S/C52H56F4N8O10/c1-64-45(66)29-40(46(64)36-4-2-16-57-30-36)49(69)61-20-23-72-25-24-71-22-19-60-48(68)35-11-7-33(8-12-35)32-5-9-34(10-6-32)47(67)59-17-3-21-73-43-27-38(53)13-14-42(43)74-51-41(26-37(31-62-51)52(54,55)56)50(70)63-39-15-18-58-44(65)28-39/h2,4,7-8,11-16,18,26-28,30-32,34,40,46H,3,5-6,9-10,17,19-25,29H2,1H3,(H,59,67)(H,60,68)(H,61,69)(H2,58,63,65,70)/t32?,34?,40-,46+/m0/s1. The van der Waals surface area contributed by atoms with E-state index in [1.807, 2.05) is 18.2 Å². The molecule has 0 bridgehead atoms. The molecule has 22 heteroatoms. The molecule has 2 atom stereocenters. The van der Waals surface area contributed by atoms with Crippen molar-refractivity contribution in [2.45, 2.75) is 56.7 Å². The highest BCUT2D eigenvalue weighted by Gasteiger charge is 2.42. The van der Waals surface area contributed by atoms with Gasteiger partial charge in [-0.3, -0.25) is 33.8 Å². The van der Waals surface area contributed by atoms with Crippen LogP contribution in [0, 0.1) is 17.7 Å². The van der Waals surface area contributed by atoms with Crippen LogP contribution in [0.3, 0.4) is 0 Å². The number of benzene rings is 2. The number of ether oxygens (including phenoxy) is 4. The smallest absolute Gasteiger partial charge is 0.417 e. The SMILES string of the molecule is CN1C(=O)C[C@H](C(=O)NCCOCCOCCNC(=O)c2ccc(C3CCC(C(=O)NCCCOc4cc(F)ccc4Oc4ncc(C(F)(F)F)cc4C(=O)Nc4cc[nH]c(=O)c4)CC3)cc2)[C@H]1c1cccnc1. The fourth-order valence-electron chi connectivity index (χ4n) is 8.71. The Labute approximate surface area is 422 Å². The van der Waals surface area contributed by atoms with Crippen molar-refractivity contribution in [3.63, 3.8) is 0 Å². The van der Waals surface area contributed by atoms with Gasteiger partial charge in [-0.1, -0.05) is 18.2 Å². The molecule has 0 spiro atoms.